The van der Waals surface area contributed by atoms with Gasteiger partial charge in [-0.15, -0.1) is 0 Å². The van der Waals surface area contributed by atoms with E-state index in [9.17, 15) is 4.79 Å². The summed E-state index contributed by atoms with van der Waals surface area (Å²) in [5.41, 5.74) is 7.85. The zero-order valence-electron chi connectivity index (χ0n) is 10.3. The van der Waals surface area contributed by atoms with Gasteiger partial charge in [-0.2, -0.15) is 0 Å². The molecule has 1 fully saturated rings. The molecule has 4 heteroatoms. The van der Waals surface area contributed by atoms with E-state index in [2.05, 4.69) is 11.4 Å². The lowest BCUT2D eigenvalue weighted by atomic mass is 9.85. The molecule has 0 spiro atoms. The van der Waals surface area contributed by atoms with E-state index in [1.54, 1.807) is 0 Å². The molecular formula is C14H18N2O2. The first-order valence-corrected chi connectivity index (χ1v) is 6.54. The van der Waals surface area contributed by atoms with Crippen LogP contribution < -0.4 is 15.8 Å². The molecule has 1 amide bonds. The van der Waals surface area contributed by atoms with Gasteiger partial charge in [0.1, 0.15) is 5.75 Å². The van der Waals surface area contributed by atoms with Gasteiger partial charge in [-0.1, -0.05) is 18.2 Å². The molecule has 18 heavy (non-hydrogen) atoms. The minimum absolute atomic E-state index is 0.00398. The molecule has 4 nitrogen and oxygen atoms in total. The number of hydrogen-bond acceptors (Lipinski definition) is 3. The second-order valence-corrected chi connectivity index (χ2v) is 5.02. The third kappa shape index (κ3) is 1.86. The standard InChI is InChI=1S/C14H18N2O2/c15-14(17)11-5-2-7-16-12(11)10-4-1-3-9-6-8-18-13(9)10/h1,3-4,11-12,16H,2,5-8H2,(H2,15,17). The topological polar surface area (TPSA) is 64.4 Å². The predicted octanol–water partition coefficient (Wildman–Crippen LogP) is 1.15. The van der Waals surface area contributed by atoms with Crippen molar-refractivity contribution < 1.29 is 9.53 Å². The predicted molar refractivity (Wildman–Crippen MR) is 68.3 cm³/mol. The van der Waals surface area contributed by atoms with Crippen LogP contribution in [-0.2, 0) is 11.2 Å². The van der Waals surface area contributed by atoms with Gasteiger partial charge < -0.3 is 15.8 Å². The Balaban J connectivity index is 1.98. The molecule has 0 radical (unpaired) electrons. The van der Waals surface area contributed by atoms with Crippen molar-refractivity contribution in [3.05, 3.63) is 29.3 Å². The minimum atomic E-state index is -0.220. The second kappa shape index (κ2) is 4.61. The van der Waals surface area contributed by atoms with E-state index in [4.69, 9.17) is 10.5 Å². The third-order valence-electron chi connectivity index (χ3n) is 3.90. The lowest BCUT2D eigenvalue weighted by Gasteiger charge is -2.31. The highest BCUT2D eigenvalue weighted by Gasteiger charge is 2.33. The van der Waals surface area contributed by atoms with Crippen molar-refractivity contribution in [1.29, 1.82) is 0 Å². The summed E-state index contributed by atoms with van der Waals surface area (Å²) >= 11 is 0. The number of primary amides is 1. The highest BCUT2D eigenvalue weighted by molar-refractivity contribution is 5.78. The lowest BCUT2D eigenvalue weighted by molar-refractivity contribution is -0.123. The van der Waals surface area contributed by atoms with Crippen LogP contribution in [0.15, 0.2) is 18.2 Å². The van der Waals surface area contributed by atoms with Gasteiger partial charge in [-0.3, -0.25) is 4.79 Å². The minimum Gasteiger partial charge on any atom is -0.493 e. The van der Waals surface area contributed by atoms with Gasteiger partial charge >= 0.3 is 0 Å². The maximum absolute atomic E-state index is 11.6. The molecule has 2 unspecified atom stereocenters. The number of nitrogens with two attached hydrogens (primary N) is 1. The maximum Gasteiger partial charge on any atom is 0.222 e. The molecule has 1 aromatic rings. The van der Waals surface area contributed by atoms with Crippen LogP contribution in [0.25, 0.3) is 0 Å². The van der Waals surface area contributed by atoms with Crippen LogP contribution in [0.5, 0.6) is 5.75 Å². The Morgan fingerprint density at radius 2 is 2.33 bits per heavy atom. The van der Waals surface area contributed by atoms with Crippen molar-refractivity contribution in [3.8, 4) is 5.75 Å². The van der Waals surface area contributed by atoms with Crippen molar-refractivity contribution in [3.63, 3.8) is 0 Å². The summed E-state index contributed by atoms with van der Waals surface area (Å²) < 4.78 is 5.72. The molecular weight excluding hydrogens is 228 g/mol. The van der Waals surface area contributed by atoms with Crippen LogP contribution in [0.2, 0.25) is 0 Å². The molecule has 0 aliphatic carbocycles. The molecule has 0 bridgehead atoms. The number of hydrogen-bond donors (Lipinski definition) is 2. The number of benzene rings is 1. The Morgan fingerprint density at radius 3 is 3.17 bits per heavy atom. The van der Waals surface area contributed by atoms with Crippen LogP contribution in [0.3, 0.4) is 0 Å². The molecule has 2 heterocycles. The highest BCUT2D eigenvalue weighted by Crippen LogP contribution is 2.38. The monoisotopic (exact) mass is 246 g/mol. The van der Waals surface area contributed by atoms with Gasteiger partial charge in [0.15, 0.2) is 0 Å². The Bertz CT molecular complexity index is 473. The SMILES string of the molecule is NC(=O)C1CCCNC1c1cccc2c1OCC2. The zero-order valence-corrected chi connectivity index (χ0v) is 10.3. The van der Waals surface area contributed by atoms with Gasteiger partial charge in [0.05, 0.1) is 12.5 Å². The molecule has 0 aromatic heterocycles. The summed E-state index contributed by atoms with van der Waals surface area (Å²) in [5.74, 6) is 0.611. The number of nitrogens with one attached hydrogen (secondary N) is 1. The number of ether oxygens (including phenoxy) is 1. The zero-order chi connectivity index (χ0) is 12.5. The van der Waals surface area contributed by atoms with Crippen molar-refractivity contribution in [2.45, 2.75) is 25.3 Å². The molecule has 2 atom stereocenters. The molecule has 2 aliphatic rings. The Labute approximate surface area is 107 Å². The van der Waals surface area contributed by atoms with Crippen LogP contribution in [0.1, 0.15) is 30.0 Å². The largest absolute Gasteiger partial charge is 0.493 e. The highest BCUT2D eigenvalue weighted by atomic mass is 16.5. The number of carbonyl (C=O) groups is 1. The van der Waals surface area contributed by atoms with Gasteiger partial charge in [0, 0.05) is 18.0 Å². The van der Waals surface area contributed by atoms with Gasteiger partial charge in [-0.05, 0) is 24.9 Å². The molecule has 2 aliphatic heterocycles. The number of carbonyl (C=O) groups excluding carboxylic acids is 1. The smallest absolute Gasteiger partial charge is 0.222 e. The van der Waals surface area contributed by atoms with Crippen molar-refractivity contribution in [2.24, 2.45) is 11.7 Å². The average Bonchev–Trinajstić information content (AvgIpc) is 2.86. The fourth-order valence-electron chi connectivity index (χ4n) is 3.01. The lowest BCUT2D eigenvalue weighted by Crippen LogP contribution is -2.41. The summed E-state index contributed by atoms with van der Waals surface area (Å²) in [6.45, 7) is 1.67. The molecule has 0 saturated carbocycles. The maximum atomic E-state index is 11.6. The van der Waals surface area contributed by atoms with E-state index in [1.807, 2.05) is 12.1 Å². The van der Waals surface area contributed by atoms with Crippen LogP contribution in [0.4, 0.5) is 0 Å². The van der Waals surface area contributed by atoms with E-state index in [1.165, 1.54) is 5.56 Å². The van der Waals surface area contributed by atoms with Gasteiger partial charge in [0.25, 0.3) is 0 Å². The van der Waals surface area contributed by atoms with Crippen LogP contribution in [0, 0.1) is 5.92 Å². The molecule has 1 saturated heterocycles. The first-order chi connectivity index (χ1) is 8.77. The van der Waals surface area contributed by atoms with E-state index in [0.29, 0.717) is 0 Å². The summed E-state index contributed by atoms with van der Waals surface area (Å²) in [7, 11) is 0. The summed E-state index contributed by atoms with van der Waals surface area (Å²) in [5, 5.41) is 3.42. The number of piperidine rings is 1. The Hall–Kier alpha value is -1.55. The first kappa shape index (κ1) is 11.5. The third-order valence-corrected chi connectivity index (χ3v) is 3.90. The average molecular weight is 246 g/mol. The number of para-hydroxylation sites is 1. The first-order valence-electron chi connectivity index (χ1n) is 6.54. The van der Waals surface area contributed by atoms with Crippen molar-refractivity contribution in [1.82, 2.24) is 5.32 Å². The Kier molecular flexibility index (Phi) is 2.96. The van der Waals surface area contributed by atoms with Gasteiger partial charge in [0.2, 0.25) is 5.91 Å². The summed E-state index contributed by atoms with van der Waals surface area (Å²) in [6, 6.07) is 6.18. The Morgan fingerprint density at radius 1 is 1.44 bits per heavy atom. The number of rotatable bonds is 2. The molecule has 1 aromatic carbocycles. The fourth-order valence-corrected chi connectivity index (χ4v) is 3.01. The normalized spacial score (nSPS) is 26.4. The fraction of sp³-hybridized carbons (Fsp3) is 0.500. The van der Waals surface area contributed by atoms with Crippen molar-refractivity contribution in [2.75, 3.05) is 13.2 Å². The number of amides is 1. The van der Waals surface area contributed by atoms with E-state index in [0.717, 1.165) is 43.7 Å². The molecule has 96 valence electrons. The van der Waals surface area contributed by atoms with E-state index >= 15 is 0 Å². The van der Waals surface area contributed by atoms with Crippen LogP contribution >= 0.6 is 0 Å². The summed E-state index contributed by atoms with van der Waals surface area (Å²) in [6.07, 6.45) is 2.81. The quantitative estimate of drug-likeness (QED) is 0.822. The van der Waals surface area contributed by atoms with E-state index in [-0.39, 0.29) is 17.9 Å². The van der Waals surface area contributed by atoms with Crippen LogP contribution in [-0.4, -0.2) is 19.1 Å². The van der Waals surface area contributed by atoms with Crippen molar-refractivity contribution >= 4 is 5.91 Å². The number of fused-ring (bicyclic) bond motifs is 1. The van der Waals surface area contributed by atoms with E-state index < -0.39 is 0 Å². The van der Waals surface area contributed by atoms with Gasteiger partial charge in [-0.25, -0.2) is 0 Å². The molecule has 3 N–H and O–H groups in total. The second-order valence-electron chi connectivity index (χ2n) is 5.02. The summed E-state index contributed by atoms with van der Waals surface area (Å²) in [4.78, 5) is 11.6. The molecule has 3 rings (SSSR count).